The van der Waals surface area contributed by atoms with E-state index in [1.807, 2.05) is 0 Å². The van der Waals surface area contributed by atoms with Crippen LogP contribution in [0.1, 0.15) is 40.0 Å². The molecule has 17 heavy (non-hydrogen) atoms. The van der Waals surface area contributed by atoms with Crippen LogP contribution in [0.15, 0.2) is 0 Å². The second-order valence-electron chi connectivity index (χ2n) is 6.85. The Morgan fingerprint density at radius 1 is 1.18 bits per heavy atom. The maximum absolute atomic E-state index is 6.34. The molecule has 1 heterocycles. The molecule has 0 radical (unpaired) electrons. The Bertz CT molecular complexity index is 264. The molecule has 1 aliphatic carbocycles. The summed E-state index contributed by atoms with van der Waals surface area (Å²) in [6.07, 6.45) is 3.81. The molecule has 0 aromatic rings. The first-order valence-corrected chi connectivity index (χ1v) is 7.11. The zero-order valence-corrected chi connectivity index (χ0v) is 11.9. The average Bonchev–Trinajstić information content (AvgIpc) is 2.25. The highest BCUT2D eigenvalue weighted by atomic mass is 15.3. The second kappa shape index (κ2) is 4.87. The van der Waals surface area contributed by atoms with Crippen molar-refractivity contribution in [2.24, 2.45) is 11.7 Å². The van der Waals surface area contributed by atoms with Crippen LogP contribution in [0.2, 0.25) is 0 Å². The molecule has 2 rings (SSSR count). The molecule has 3 atom stereocenters. The fraction of sp³-hybridized carbons (Fsp3) is 1.00. The summed E-state index contributed by atoms with van der Waals surface area (Å²) in [5, 5.41) is 0. The Morgan fingerprint density at radius 2 is 1.88 bits per heavy atom. The van der Waals surface area contributed by atoms with Gasteiger partial charge in [-0.2, -0.15) is 0 Å². The van der Waals surface area contributed by atoms with Gasteiger partial charge in [-0.15, -0.1) is 0 Å². The highest BCUT2D eigenvalue weighted by Crippen LogP contribution is 2.30. The molecule has 1 saturated heterocycles. The average molecular weight is 239 g/mol. The van der Waals surface area contributed by atoms with Crippen molar-refractivity contribution in [1.82, 2.24) is 9.80 Å². The van der Waals surface area contributed by atoms with Gasteiger partial charge in [0.05, 0.1) is 0 Å². The van der Waals surface area contributed by atoms with Crippen LogP contribution in [-0.2, 0) is 0 Å². The van der Waals surface area contributed by atoms with Crippen LogP contribution in [0.4, 0.5) is 0 Å². The molecular formula is C14H29N3. The molecule has 3 heteroatoms. The van der Waals surface area contributed by atoms with Gasteiger partial charge in [0.25, 0.3) is 0 Å². The number of hydrogen-bond donors (Lipinski definition) is 1. The third-order valence-corrected chi connectivity index (χ3v) is 4.95. The molecule has 0 bridgehead atoms. The van der Waals surface area contributed by atoms with Crippen LogP contribution >= 0.6 is 0 Å². The van der Waals surface area contributed by atoms with E-state index >= 15 is 0 Å². The van der Waals surface area contributed by atoms with Gasteiger partial charge in [0.1, 0.15) is 0 Å². The maximum atomic E-state index is 6.34. The van der Waals surface area contributed by atoms with Crippen LogP contribution < -0.4 is 5.73 Å². The number of nitrogens with two attached hydrogens (primary N) is 1. The Balaban J connectivity index is 2.02. The molecule has 3 unspecified atom stereocenters. The third kappa shape index (κ3) is 2.83. The topological polar surface area (TPSA) is 32.5 Å². The monoisotopic (exact) mass is 239 g/mol. The lowest BCUT2D eigenvalue weighted by Crippen LogP contribution is -2.63. The van der Waals surface area contributed by atoms with Gasteiger partial charge in [0.15, 0.2) is 0 Å². The molecule has 2 N–H and O–H groups in total. The zero-order chi connectivity index (χ0) is 12.6. The van der Waals surface area contributed by atoms with Crippen LogP contribution in [0.5, 0.6) is 0 Å². The quantitative estimate of drug-likeness (QED) is 0.753. The molecule has 0 amide bonds. The van der Waals surface area contributed by atoms with E-state index in [0.29, 0.717) is 17.6 Å². The van der Waals surface area contributed by atoms with E-state index in [-0.39, 0.29) is 0 Å². The predicted octanol–water partition coefficient (Wildman–Crippen LogP) is 1.53. The molecule has 1 saturated carbocycles. The summed E-state index contributed by atoms with van der Waals surface area (Å²) < 4.78 is 0. The highest BCUT2D eigenvalue weighted by Gasteiger charge is 2.37. The van der Waals surface area contributed by atoms with Crippen LogP contribution in [0, 0.1) is 5.92 Å². The molecule has 2 fully saturated rings. The summed E-state index contributed by atoms with van der Waals surface area (Å²) >= 11 is 0. The van der Waals surface area contributed by atoms with E-state index in [1.54, 1.807) is 0 Å². The minimum Gasteiger partial charge on any atom is -0.326 e. The fourth-order valence-corrected chi connectivity index (χ4v) is 3.36. The van der Waals surface area contributed by atoms with Crippen LogP contribution in [-0.4, -0.2) is 54.1 Å². The predicted molar refractivity (Wildman–Crippen MR) is 73.1 cm³/mol. The minimum atomic E-state index is 0.290. The zero-order valence-electron chi connectivity index (χ0n) is 11.9. The summed E-state index contributed by atoms with van der Waals surface area (Å²) in [6.45, 7) is 10.6. The molecule has 0 aromatic heterocycles. The lowest BCUT2D eigenvalue weighted by Gasteiger charge is -2.50. The minimum absolute atomic E-state index is 0.290. The summed E-state index contributed by atoms with van der Waals surface area (Å²) in [6, 6.07) is 1.01. The van der Waals surface area contributed by atoms with E-state index in [9.17, 15) is 0 Å². The number of nitrogens with zero attached hydrogens (tertiary/aromatic N) is 2. The first-order chi connectivity index (χ1) is 7.90. The molecule has 100 valence electrons. The van der Waals surface area contributed by atoms with Crippen molar-refractivity contribution in [3.8, 4) is 0 Å². The molecule has 0 aromatic carbocycles. The van der Waals surface area contributed by atoms with Gasteiger partial charge in [0.2, 0.25) is 0 Å². The van der Waals surface area contributed by atoms with Gasteiger partial charge < -0.3 is 5.73 Å². The van der Waals surface area contributed by atoms with E-state index in [2.05, 4.69) is 37.6 Å². The Labute approximate surface area is 106 Å². The first kappa shape index (κ1) is 13.3. The standard InChI is InChI=1S/C14H29N3/c1-11-5-6-12(15)13(9-11)17-8-7-16(4)14(2,3)10-17/h11-13H,5-10,15H2,1-4H3. The van der Waals surface area contributed by atoms with Gasteiger partial charge >= 0.3 is 0 Å². The van der Waals surface area contributed by atoms with Crippen molar-refractivity contribution in [3.63, 3.8) is 0 Å². The van der Waals surface area contributed by atoms with Crippen molar-refractivity contribution < 1.29 is 0 Å². The molecule has 2 aliphatic rings. The van der Waals surface area contributed by atoms with Crippen LogP contribution in [0.3, 0.4) is 0 Å². The van der Waals surface area contributed by atoms with Gasteiger partial charge in [-0.05, 0) is 46.1 Å². The summed E-state index contributed by atoms with van der Waals surface area (Å²) in [7, 11) is 2.24. The number of hydrogen-bond acceptors (Lipinski definition) is 3. The highest BCUT2D eigenvalue weighted by molar-refractivity contribution is 4.95. The number of likely N-dealkylation sites (N-methyl/N-ethyl adjacent to an activating group) is 1. The Hall–Kier alpha value is -0.120. The van der Waals surface area contributed by atoms with Crippen molar-refractivity contribution in [2.75, 3.05) is 26.7 Å². The normalized spacial score (nSPS) is 40.4. The lowest BCUT2D eigenvalue weighted by atomic mass is 9.82. The van der Waals surface area contributed by atoms with Crippen molar-refractivity contribution in [1.29, 1.82) is 0 Å². The van der Waals surface area contributed by atoms with E-state index in [0.717, 1.165) is 12.5 Å². The first-order valence-electron chi connectivity index (χ1n) is 7.11. The SMILES string of the molecule is CC1CCC(N)C(N2CCN(C)C(C)(C)C2)C1. The van der Waals surface area contributed by atoms with Crippen LogP contribution in [0.25, 0.3) is 0 Å². The van der Waals surface area contributed by atoms with Gasteiger partial charge in [-0.1, -0.05) is 6.92 Å². The van der Waals surface area contributed by atoms with E-state index < -0.39 is 0 Å². The third-order valence-electron chi connectivity index (χ3n) is 4.95. The molecular weight excluding hydrogens is 210 g/mol. The summed E-state index contributed by atoms with van der Waals surface area (Å²) in [5.41, 5.74) is 6.63. The van der Waals surface area contributed by atoms with Crippen molar-refractivity contribution >= 4 is 0 Å². The summed E-state index contributed by atoms with van der Waals surface area (Å²) in [5.74, 6) is 0.850. The summed E-state index contributed by atoms with van der Waals surface area (Å²) in [4.78, 5) is 5.13. The molecule has 1 aliphatic heterocycles. The van der Waals surface area contributed by atoms with Gasteiger partial charge in [-0.3, -0.25) is 9.80 Å². The van der Waals surface area contributed by atoms with Gasteiger partial charge in [0, 0.05) is 37.3 Å². The lowest BCUT2D eigenvalue weighted by molar-refractivity contribution is -0.00276. The smallest absolute Gasteiger partial charge is 0.0277 e. The largest absolute Gasteiger partial charge is 0.326 e. The Kier molecular flexibility index (Phi) is 3.81. The van der Waals surface area contributed by atoms with Crippen molar-refractivity contribution in [3.05, 3.63) is 0 Å². The molecule has 3 nitrogen and oxygen atoms in total. The van der Waals surface area contributed by atoms with E-state index in [1.165, 1.54) is 32.4 Å². The Morgan fingerprint density at radius 3 is 2.53 bits per heavy atom. The second-order valence-corrected chi connectivity index (χ2v) is 6.85. The maximum Gasteiger partial charge on any atom is 0.0277 e. The molecule has 0 spiro atoms. The van der Waals surface area contributed by atoms with E-state index in [4.69, 9.17) is 5.73 Å². The fourth-order valence-electron chi connectivity index (χ4n) is 3.36. The number of piperazine rings is 1. The van der Waals surface area contributed by atoms with Crippen molar-refractivity contribution in [2.45, 2.75) is 57.7 Å². The van der Waals surface area contributed by atoms with Gasteiger partial charge in [-0.25, -0.2) is 0 Å². The number of rotatable bonds is 1.